The van der Waals surface area contributed by atoms with Crippen LogP contribution in [0.1, 0.15) is 70.6 Å². The van der Waals surface area contributed by atoms with Gasteiger partial charge in [0.15, 0.2) is 0 Å². The van der Waals surface area contributed by atoms with Crippen molar-refractivity contribution in [1.82, 2.24) is 4.90 Å². The molecule has 142 valence electrons. The van der Waals surface area contributed by atoms with Gasteiger partial charge in [0.05, 0.1) is 6.04 Å². The van der Waals surface area contributed by atoms with Crippen molar-refractivity contribution in [2.75, 3.05) is 13.1 Å². The number of likely N-dealkylation sites (tertiary alicyclic amines) is 1. The second kappa shape index (κ2) is 7.36. The summed E-state index contributed by atoms with van der Waals surface area (Å²) in [5, 5.41) is 12.1. The first kappa shape index (κ1) is 18.1. The molecule has 4 aliphatic rings. The van der Waals surface area contributed by atoms with Gasteiger partial charge in [-0.2, -0.15) is 0 Å². The summed E-state index contributed by atoms with van der Waals surface area (Å²) in [6.07, 6.45) is 12.9. The molecule has 6 atom stereocenters. The Balaban J connectivity index is 1.61. The molecule has 6 unspecified atom stereocenters. The lowest BCUT2D eigenvalue weighted by molar-refractivity contribution is -0.0649. The Morgan fingerprint density at radius 1 is 0.960 bits per heavy atom. The minimum Gasteiger partial charge on any atom is -0.385 e. The predicted molar refractivity (Wildman–Crippen MR) is 103 cm³/mol. The first-order valence-corrected chi connectivity index (χ1v) is 11.0. The Morgan fingerprint density at radius 3 is 2.44 bits per heavy atom. The van der Waals surface area contributed by atoms with Gasteiger partial charge in [-0.15, -0.1) is 11.6 Å². The van der Waals surface area contributed by atoms with E-state index in [4.69, 9.17) is 22.3 Å². The Morgan fingerprint density at radius 2 is 1.68 bits per heavy atom. The summed E-state index contributed by atoms with van der Waals surface area (Å²) in [6.45, 7) is 2.36. The first-order valence-electron chi connectivity index (χ1n) is 10.5. The number of amidine groups is 1. The van der Waals surface area contributed by atoms with Crippen LogP contribution in [0.3, 0.4) is 0 Å². The fourth-order valence-electron chi connectivity index (χ4n) is 6.16. The van der Waals surface area contributed by atoms with Gasteiger partial charge in [-0.1, -0.05) is 25.7 Å². The zero-order valence-corrected chi connectivity index (χ0v) is 16.1. The molecule has 4 rings (SSSR count). The maximum atomic E-state index is 11.9. The number of nitrogens with two attached hydrogens (primary N) is 1. The van der Waals surface area contributed by atoms with Crippen molar-refractivity contribution in [3.8, 4) is 0 Å². The van der Waals surface area contributed by atoms with Crippen molar-refractivity contribution >= 4 is 17.4 Å². The molecule has 2 aliphatic heterocycles. The molecule has 4 nitrogen and oxygen atoms in total. The Hall–Kier alpha value is -0.320. The summed E-state index contributed by atoms with van der Waals surface area (Å²) in [6, 6.07) is 0.645. The highest BCUT2D eigenvalue weighted by atomic mass is 35.5. The average Bonchev–Trinajstić information content (AvgIpc) is 2.81. The maximum absolute atomic E-state index is 11.9. The lowest BCUT2D eigenvalue weighted by atomic mass is 9.64. The first-order chi connectivity index (χ1) is 12.1. The number of hydrogen-bond donors (Lipinski definition) is 2. The zero-order valence-electron chi connectivity index (χ0n) is 15.4. The number of aliphatic imine (C=N–C) groups is 1. The fourth-order valence-corrected chi connectivity index (χ4v) is 6.47. The molecule has 2 saturated carbocycles. The molecule has 0 bridgehead atoms. The van der Waals surface area contributed by atoms with Crippen molar-refractivity contribution in [2.45, 2.75) is 93.7 Å². The van der Waals surface area contributed by atoms with E-state index in [0.29, 0.717) is 11.9 Å². The van der Waals surface area contributed by atoms with Gasteiger partial charge in [-0.3, -0.25) is 9.89 Å². The number of hydrogen-bond acceptors (Lipinski definition) is 4. The highest BCUT2D eigenvalue weighted by Gasteiger charge is 2.58. The summed E-state index contributed by atoms with van der Waals surface area (Å²) in [5.41, 5.74) is 5.48. The van der Waals surface area contributed by atoms with Gasteiger partial charge in [0, 0.05) is 23.3 Å². The highest BCUT2D eigenvalue weighted by Crippen LogP contribution is 2.49. The number of rotatable bonds is 2. The van der Waals surface area contributed by atoms with Crippen LogP contribution >= 0.6 is 11.6 Å². The fraction of sp³-hybridized carbons (Fsp3) is 0.950. The van der Waals surface area contributed by atoms with Crippen molar-refractivity contribution < 1.29 is 5.11 Å². The summed E-state index contributed by atoms with van der Waals surface area (Å²) in [4.78, 5) is 7.42. The SMILES string of the molecule is NC1=NC2CCC(Cl)CC2C1(O)C1CCCCC1N1CCCCCC1. The van der Waals surface area contributed by atoms with Gasteiger partial charge < -0.3 is 10.8 Å². The number of nitrogens with zero attached hydrogens (tertiary/aromatic N) is 2. The molecule has 3 fully saturated rings. The molecule has 0 amide bonds. The molecular formula is C20H34ClN3O. The number of halogens is 1. The summed E-state index contributed by atoms with van der Waals surface area (Å²) in [7, 11) is 0. The minimum atomic E-state index is -0.935. The second-order valence-corrected chi connectivity index (χ2v) is 9.45. The summed E-state index contributed by atoms with van der Waals surface area (Å²) >= 11 is 6.49. The molecule has 0 aromatic heterocycles. The molecule has 0 aromatic carbocycles. The molecule has 0 spiro atoms. The molecule has 0 radical (unpaired) electrons. The third-order valence-electron chi connectivity index (χ3n) is 7.43. The van der Waals surface area contributed by atoms with E-state index in [1.54, 1.807) is 0 Å². The summed E-state index contributed by atoms with van der Waals surface area (Å²) in [5.74, 6) is 0.862. The second-order valence-electron chi connectivity index (χ2n) is 8.83. The molecule has 0 aromatic rings. The Kier molecular flexibility index (Phi) is 5.32. The van der Waals surface area contributed by atoms with Gasteiger partial charge in [-0.05, 0) is 58.0 Å². The topological polar surface area (TPSA) is 61.9 Å². The van der Waals surface area contributed by atoms with Crippen LogP contribution in [-0.2, 0) is 0 Å². The summed E-state index contributed by atoms with van der Waals surface area (Å²) < 4.78 is 0. The molecule has 25 heavy (non-hydrogen) atoms. The monoisotopic (exact) mass is 367 g/mol. The zero-order chi connectivity index (χ0) is 17.4. The van der Waals surface area contributed by atoms with Crippen molar-refractivity contribution in [3.05, 3.63) is 0 Å². The van der Waals surface area contributed by atoms with Gasteiger partial charge in [0.2, 0.25) is 0 Å². The minimum absolute atomic E-state index is 0.126. The van der Waals surface area contributed by atoms with Crippen molar-refractivity contribution in [3.63, 3.8) is 0 Å². The number of alkyl halides is 1. The molecular weight excluding hydrogens is 334 g/mol. The van der Waals surface area contributed by atoms with Gasteiger partial charge in [-0.25, -0.2) is 0 Å². The normalized spacial score (nSPS) is 46.3. The van der Waals surface area contributed by atoms with E-state index in [-0.39, 0.29) is 23.3 Å². The van der Waals surface area contributed by atoms with Gasteiger partial charge >= 0.3 is 0 Å². The third kappa shape index (κ3) is 3.23. The van der Waals surface area contributed by atoms with E-state index in [2.05, 4.69) is 4.90 Å². The van der Waals surface area contributed by atoms with Crippen LogP contribution in [0, 0.1) is 11.8 Å². The Bertz CT molecular complexity index is 505. The van der Waals surface area contributed by atoms with Crippen LogP contribution in [0.5, 0.6) is 0 Å². The molecule has 5 heteroatoms. The van der Waals surface area contributed by atoms with Crippen LogP contribution < -0.4 is 5.73 Å². The van der Waals surface area contributed by atoms with E-state index in [1.165, 1.54) is 58.0 Å². The Labute approximate surface area is 157 Å². The number of aliphatic hydroxyl groups is 1. The lowest BCUT2D eigenvalue weighted by Gasteiger charge is -2.49. The van der Waals surface area contributed by atoms with Crippen LogP contribution in [0.15, 0.2) is 4.99 Å². The molecule has 3 N–H and O–H groups in total. The quantitative estimate of drug-likeness (QED) is 0.736. The predicted octanol–water partition coefficient (Wildman–Crippen LogP) is 3.30. The molecule has 1 saturated heterocycles. The van der Waals surface area contributed by atoms with Gasteiger partial charge in [0.1, 0.15) is 11.4 Å². The van der Waals surface area contributed by atoms with Crippen LogP contribution in [0.4, 0.5) is 0 Å². The molecule has 2 heterocycles. The van der Waals surface area contributed by atoms with E-state index in [9.17, 15) is 5.11 Å². The largest absolute Gasteiger partial charge is 0.385 e. The van der Waals surface area contributed by atoms with Crippen LogP contribution in [-0.4, -0.2) is 52.0 Å². The van der Waals surface area contributed by atoms with E-state index >= 15 is 0 Å². The average molecular weight is 368 g/mol. The smallest absolute Gasteiger partial charge is 0.130 e. The maximum Gasteiger partial charge on any atom is 0.130 e. The van der Waals surface area contributed by atoms with Crippen LogP contribution in [0.2, 0.25) is 0 Å². The highest BCUT2D eigenvalue weighted by molar-refractivity contribution is 6.20. The number of fused-ring (bicyclic) bond motifs is 1. The van der Waals surface area contributed by atoms with Crippen LogP contribution in [0.25, 0.3) is 0 Å². The van der Waals surface area contributed by atoms with Gasteiger partial charge in [0.25, 0.3) is 0 Å². The van der Waals surface area contributed by atoms with Crippen molar-refractivity contribution in [2.24, 2.45) is 22.6 Å². The van der Waals surface area contributed by atoms with E-state index in [1.807, 2.05) is 0 Å². The van der Waals surface area contributed by atoms with E-state index in [0.717, 1.165) is 25.7 Å². The van der Waals surface area contributed by atoms with E-state index < -0.39 is 5.60 Å². The standard InChI is InChI=1S/C20H34ClN3O/c21-14-9-10-17-16(13-14)20(25,19(22)23-17)15-7-3-4-8-18(15)24-11-5-1-2-6-12-24/h14-18,25H,1-13H2,(H2,22,23). The molecule has 2 aliphatic carbocycles. The third-order valence-corrected chi connectivity index (χ3v) is 7.83. The van der Waals surface area contributed by atoms with Crippen molar-refractivity contribution in [1.29, 1.82) is 0 Å². The lowest BCUT2D eigenvalue weighted by Crippen LogP contribution is -2.61.